The Bertz CT molecular complexity index is 773. The van der Waals surface area contributed by atoms with Gasteiger partial charge in [0.25, 0.3) is 0 Å². The number of imidazole rings is 1. The highest BCUT2D eigenvalue weighted by Gasteiger charge is 2.04. The Morgan fingerprint density at radius 3 is 2.91 bits per heavy atom. The van der Waals surface area contributed by atoms with Crippen molar-refractivity contribution in [3.05, 3.63) is 53.7 Å². The number of furan rings is 1. The van der Waals surface area contributed by atoms with E-state index in [1.54, 1.807) is 13.3 Å². The normalized spacial score (nSPS) is 11.8. The highest BCUT2D eigenvalue weighted by molar-refractivity contribution is 5.80. The van der Waals surface area contributed by atoms with E-state index in [1.165, 1.54) is 5.56 Å². The van der Waals surface area contributed by atoms with Crippen LogP contribution in [0.15, 0.2) is 46.0 Å². The summed E-state index contributed by atoms with van der Waals surface area (Å²) < 4.78 is 5.28. The second-order valence-corrected chi connectivity index (χ2v) is 5.06. The van der Waals surface area contributed by atoms with E-state index in [1.807, 2.05) is 18.2 Å². The van der Waals surface area contributed by atoms with Gasteiger partial charge in [0, 0.05) is 7.05 Å². The molecule has 6 nitrogen and oxygen atoms in total. The average Bonchev–Trinajstić information content (AvgIpc) is 3.16. The third-order valence-electron chi connectivity index (χ3n) is 3.34. The van der Waals surface area contributed by atoms with Gasteiger partial charge in [-0.1, -0.05) is 6.07 Å². The minimum Gasteiger partial charge on any atom is -0.467 e. The van der Waals surface area contributed by atoms with Crippen molar-refractivity contribution in [1.29, 1.82) is 0 Å². The van der Waals surface area contributed by atoms with Crippen LogP contribution in [0.4, 0.5) is 0 Å². The van der Waals surface area contributed by atoms with Gasteiger partial charge >= 0.3 is 0 Å². The van der Waals surface area contributed by atoms with Gasteiger partial charge in [0.1, 0.15) is 11.6 Å². The van der Waals surface area contributed by atoms with Crippen LogP contribution in [0.2, 0.25) is 0 Å². The van der Waals surface area contributed by atoms with Crippen molar-refractivity contribution in [1.82, 2.24) is 20.6 Å². The van der Waals surface area contributed by atoms with Gasteiger partial charge in [-0.05, 0) is 36.8 Å². The zero-order valence-electron chi connectivity index (χ0n) is 12.7. The number of hydrogen-bond donors (Lipinski definition) is 3. The van der Waals surface area contributed by atoms with E-state index < -0.39 is 0 Å². The number of H-pyrrole nitrogens is 1. The van der Waals surface area contributed by atoms with Gasteiger partial charge in [-0.3, -0.25) is 4.99 Å². The highest BCUT2D eigenvalue weighted by Crippen LogP contribution is 2.13. The van der Waals surface area contributed by atoms with E-state index in [2.05, 4.69) is 44.7 Å². The van der Waals surface area contributed by atoms with Crippen LogP contribution in [-0.4, -0.2) is 23.0 Å². The molecule has 0 aliphatic rings. The van der Waals surface area contributed by atoms with Gasteiger partial charge in [0.15, 0.2) is 5.96 Å². The first kappa shape index (κ1) is 14.2. The van der Waals surface area contributed by atoms with Crippen LogP contribution in [0, 0.1) is 6.92 Å². The Kier molecular flexibility index (Phi) is 4.09. The van der Waals surface area contributed by atoms with Crippen LogP contribution in [0.3, 0.4) is 0 Å². The monoisotopic (exact) mass is 297 g/mol. The van der Waals surface area contributed by atoms with Crippen molar-refractivity contribution in [2.75, 3.05) is 7.05 Å². The number of hydrogen-bond acceptors (Lipinski definition) is 3. The summed E-state index contributed by atoms with van der Waals surface area (Å²) in [5.41, 5.74) is 3.24. The van der Waals surface area contributed by atoms with Gasteiger partial charge < -0.3 is 20.0 Å². The molecule has 0 saturated carbocycles. The SMILES string of the molecule is CN=C(NCc1nc2ccc(C)cc2[nH]1)NCc1ccco1. The number of aryl methyl sites for hydroxylation is 1. The number of aromatic nitrogens is 2. The lowest BCUT2D eigenvalue weighted by Crippen LogP contribution is -2.36. The fourth-order valence-electron chi connectivity index (χ4n) is 2.23. The molecule has 114 valence electrons. The molecule has 0 unspecified atom stereocenters. The van der Waals surface area contributed by atoms with Gasteiger partial charge in [-0.15, -0.1) is 0 Å². The minimum absolute atomic E-state index is 0.575. The molecule has 0 spiro atoms. The van der Waals surface area contributed by atoms with Gasteiger partial charge in [0.05, 0.1) is 30.4 Å². The molecule has 3 aromatic rings. The molecule has 0 radical (unpaired) electrons. The van der Waals surface area contributed by atoms with E-state index in [9.17, 15) is 0 Å². The lowest BCUT2D eigenvalue weighted by atomic mass is 10.2. The lowest BCUT2D eigenvalue weighted by molar-refractivity contribution is 0.501. The molecule has 3 rings (SSSR count). The molecule has 0 atom stereocenters. The third-order valence-corrected chi connectivity index (χ3v) is 3.34. The first-order valence-electron chi connectivity index (χ1n) is 7.17. The summed E-state index contributed by atoms with van der Waals surface area (Å²) in [7, 11) is 1.74. The van der Waals surface area contributed by atoms with E-state index in [0.29, 0.717) is 19.0 Å². The van der Waals surface area contributed by atoms with Gasteiger partial charge in [-0.2, -0.15) is 0 Å². The van der Waals surface area contributed by atoms with E-state index in [4.69, 9.17) is 4.42 Å². The lowest BCUT2D eigenvalue weighted by Gasteiger charge is -2.09. The minimum atomic E-state index is 0.575. The Labute approximate surface area is 128 Å². The number of aliphatic imine (C=N–C) groups is 1. The molecule has 0 fully saturated rings. The Morgan fingerprint density at radius 1 is 1.27 bits per heavy atom. The maximum absolute atomic E-state index is 5.28. The van der Waals surface area contributed by atoms with E-state index >= 15 is 0 Å². The molecule has 22 heavy (non-hydrogen) atoms. The molecule has 2 heterocycles. The quantitative estimate of drug-likeness (QED) is 0.510. The molecule has 0 aliphatic carbocycles. The fourth-order valence-corrected chi connectivity index (χ4v) is 2.23. The number of aromatic amines is 1. The van der Waals surface area contributed by atoms with Crippen molar-refractivity contribution in [2.24, 2.45) is 4.99 Å². The van der Waals surface area contributed by atoms with Crippen LogP contribution in [0.1, 0.15) is 17.1 Å². The standard InChI is InChI=1S/C16H19N5O/c1-11-5-6-13-14(8-11)21-15(20-13)10-19-16(17-2)18-9-12-4-3-7-22-12/h3-8H,9-10H2,1-2H3,(H,20,21)(H2,17,18,19). The molecular weight excluding hydrogens is 278 g/mol. The number of benzene rings is 1. The Hall–Kier alpha value is -2.76. The predicted octanol–water partition coefficient (Wildman–Crippen LogP) is 2.33. The van der Waals surface area contributed by atoms with Gasteiger partial charge in [0.2, 0.25) is 0 Å². The maximum atomic E-state index is 5.28. The fraction of sp³-hybridized carbons (Fsp3) is 0.250. The molecule has 6 heteroatoms. The highest BCUT2D eigenvalue weighted by atomic mass is 16.3. The van der Waals surface area contributed by atoms with E-state index in [-0.39, 0.29) is 0 Å². The third kappa shape index (κ3) is 3.28. The summed E-state index contributed by atoms with van der Waals surface area (Å²) in [5.74, 6) is 2.44. The molecule has 0 bridgehead atoms. The number of nitrogens with one attached hydrogen (secondary N) is 3. The maximum Gasteiger partial charge on any atom is 0.191 e. The number of nitrogens with zero attached hydrogens (tertiary/aromatic N) is 2. The van der Waals surface area contributed by atoms with Crippen LogP contribution < -0.4 is 10.6 Å². The van der Waals surface area contributed by atoms with Crippen molar-refractivity contribution in [3.63, 3.8) is 0 Å². The molecule has 2 aromatic heterocycles. The summed E-state index contributed by atoms with van der Waals surface area (Å²) in [4.78, 5) is 12.0. The molecular formula is C16H19N5O. The molecule has 3 N–H and O–H groups in total. The van der Waals surface area contributed by atoms with Crippen LogP contribution in [0.25, 0.3) is 11.0 Å². The largest absolute Gasteiger partial charge is 0.467 e. The summed E-state index contributed by atoms with van der Waals surface area (Å²) in [6.07, 6.45) is 1.66. The summed E-state index contributed by atoms with van der Waals surface area (Å²) in [6.45, 7) is 3.23. The topological polar surface area (TPSA) is 78.2 Å². The second-order valence-electron chi connectivity index (χ2n) is 5.06. The molecule has 0 saturated heterocycles. The Balaban J connectivity index is 1.59. The number of fused-ring (bicyclic) bond motifs is 1. The summed E-state index contributed by atoms with van der Waals surface area (Å²) in [6, 6.07) is 9.96. The van der Waals surface area contributed by atoms with Crippen LogP contribution in [-0.2, 0) is 13.1 Å². The summed E-state index contributed by atoms with van der Waals surface area (Å²) in [5, 5.41) is 6.42. The number of rotatable bonds is 4. The molecule has 0 amide bonds. The molecule has 1 aromatic carbocycles. The smallest absolute Gasteiger partial charge is 0.191 e. The van der Waals surface area contributed by atoms with Crippen molar-refractivity contribution >= 4 is 17.0 Å². The van der Waals surface area contributed by atoms with Crippen molar-refractivity contribution in [3.8, 4) is 0 Å². The first-order valence-corrected chi connectivity index (χ1v) is 7.17. The average molecular weight is 297 g/mol. The van der Waals surface area contributed by atoms with Crippen LogP contribution >= 0.6 is 0 Å². The van der Waals surface area contributed by atoms with Crippen molar-refractivity contribution < 1.29 is 4.42 Å². The second kappa shape index (κ2) is 6.34. The van der Waals surface area contributed by atoms with Gasteiger partial charge in [-0.25, -0.2) is 4.98 Å². The van der Waals surface area contributed by atoms with E-state index in [0.717, 1.165) is 22.6 Å². The van der Waals surface area contributed by atoms with Crippen LogP contribution in [0.5, 0.6) is 0 Å². The first-order chi connectivity index (χ1) is 10.7. The number of guanidine groups is 1. The zero-order chi connectivity index (χ0) is 15.4. The Morgan fingerprint density at radius 2 is 2.14 bits per heavy atom. The van der Waals surface area contributed by atoms with Crippen molar-refractivity contribution in [2.45, 2.75) is 20.0 Å². The molecule has 0 aliphatic heterocycles. The zero-order valence-corrected chi connectivity index (χ0v) is 12.7. The predicted molar refractivity (Wildman–Crippen MR) is 86.6 cm³/mol. The summed E-state index contributed by atoms with van der Waals surface area (Å²) >= 11 is 0.